The SMILES string of the molecule is C=C(CO)N1CC(=Nc2cccc(Cl)c2)/C(=C(\N)CNC(=O)N(CCC(F)(F)F)C(=N)c2ccc(O)cc2)C1. The number of nitrogens with zero attached hydrogens (tertiary/aromatic N) is 3. The maximum absolute atomic E-state index is 13.0. The lowest BCUT2D eigenvalue weighted by Gasteiger charge is -2.24. The Labute approximate surface area is 228 Å². The van der Waals surface area contributed by atoms with E-state index in [2.05, 4.69) is 16.9 Å². The zero-order valence-corrected chi connectivity index (χ0v) is 21.6. The average Bonchev–Trinajstić information content (AvgIpc) is 3.30. The molecule has 2 aromatic rings. The Morgan fingerprint density at radius 3 is 2.54 bits per heavy atom. The molecule has 2 aromatic carbocycles. The lowest BCUT2D eigenvalue weighted by molar-refractivity contribution is -0.135. The largest absolute Gasteiger partial charge is 0.508 e. The van der Waals surface area contributed by atoms with Crippen LogP contribution in [0.5, 0.6) is 5.75 Å². The van der Waals surface area contributed by atoms with Crippen molar-refractivity contribution in [1.29, 1.82) is 5.41 Å². The quantitative estimate of drug-likeness (QED) is 0.242. The Kier molecular flexibility index (Phi) is 9.60. The Balaban J connectivity index is 1.84. The van der Waals surface area contributed by atoms with E-state index in [4.69, 9.17) is 22.7 Å². The minimum atomic E-state index is -4.55. The normalized spacial score (nSPS) is 15.8. The molecule has 208 valence electrons. The molecule has 0 unspecified atom stereocenters. The first kappa shape index (κ1) is 29.5. The van der Waals surface area contributed by atoms with E-state index in [-0.39, 0.29) is 43.3 Å². The van der Waals surface area contributed by atoms with Crippen molar-refractivity contribution in [3.8, 4) is 5.75 Å². The number of likely N-dealkylation sites (tertiary alicyclic amines) is 1. The molecule has 1 heterocycles. The van der Waals surface area contributed by atoms with Crippen LogP contribution in [0.15, 0.2) is 77.1 Å². The molecule has 0 atom stereocenters. The molecule has 1 saturated heterocycles. The monoisotopic (exact) mass is 564 g/mol. The van der Waals surface area contributed by atoms with Gasteiger partial charge in [-0.15, -0.1) is 0 Å². The predicted octanol–water partition coefficient (Wildman–Crippen LogP) is 4.14. The number of amides is 2. The molecule has 6 N–H and O–H groups in total. The molecule has 3 rings (SSSR count). The minimum Gasteiger partial charge on any atom is -0.508 e. The number of amidine groups is 1. The highest BCUT2D eigenvalue weighted by atomic mass is 35.5. The number of urea groups is 1. The van der Waals surface area contributed by atoms with Crippen LogP contribution in [0.1, 0.15) is 12.0 Å². The van der Waals surface area contributed by atoms with Gasteiger partial charge in [0.1, 0.15) is 11.6 Å². The second-order valence-electron chi connectivity index (χ2n) is 8.69. The average molecular weight is 565 g/mol. The third-order valence-electron chi connectivity index (χ3n) is 5.83. The highest BCUT2D eigenvalue weighted by molar-refractivity contribution is 6.30. The lowest BCUT2D eigenvalue weighted by atomic mass is 10.1. The second kappa shape index (κ2) is 12.7. The molecule has 0 spiro atoms. The number of phenolic OH excluding ortho intramolecular Hbond substituents is 1. The Bertz CT molecular complexity index is 1290. The summed E-state index contributed by atoms with van der Waals surface area (Å²) in [7, 11) is 0. The van der Waals surface area contributed by atoms with Crippen molar-refractivity contribution >= 4 is 34.9 Å². The van der Waals surface area contributed by atoms with Crippen molar-refractivity contribution in [3.63, 3.8) is 0 Å². The predicted molar refractivity (Wildman–Crippen MR) is 143 cm³/mol. The number of hydrogen-bond acceptors (Lipinski definition) is 7. The summed E-state index contributed by atoms with van der Waals surface area (Å²) in [6, 6.07) is 11.0. The van der Waals surface area contributed by atoms with Crippen LogP contribution in [-0.4, -0.2) is 76.6 Å². The fourth-order valence-electron chi connectivity index (χ4n) is 3.73. The number of nitrogens with one attached hydrogen (secondary N) is 2. The van der Waals surface area contributed by atoms with Crippen molar-refractivity contribution in [3.05, 3.63) is 82.7 Å². The fourth-order valence-corrected chi connectivity index (χ4v) is 3.92. The Hall–Kier alpha value is -4.03. The van der Waals surface area contributed by atoms with Crippen LogP contribution in [0.25, 0.3) is 0 Å². The third kappa shape index (κ3) is 8.23. The Morgan fingerprint density at radius 2 is 1.92 bits per heavy atom. The van der Waals surface area contributed by atoms with Crippen LogP contribution < -0.4 is 11.1 Å². The van der Waals surface area contributed by atoms with Crippen molar-refractivity contribution in [2.75, 3.05) is 32.8 Å². The smallest absolute Gasteiger partial charge is 0.390 e. The number of carbonyl (C=O) groups is 1. The van der Waals surface area contributed by atoms with Gasteiger partial charge in [0.15, 0.2) is 0 Å². The first-order valence-electron chi connectivity index (χ1n) is 11.7. The number of rotatable bonds is 8. The van der Waals surface area contributed by atoms with Crippen LogP contribution in [-0.2, 0) is 0 Å². The summed E-state index contributed by atoms with van der Waals surface area (Å²) in [4.78, 5) is 20.0. The maximum atomic E-state index is 13.0. The minimum absolute atomic E-state index is 0.0954. The number of aliphatic hydroxyl groups is 1. The van der Waals surface area contributed by atoms with E-state index in [1.54, 1.807) is 29.2 Å². The van der Waals surface area contributed by atoms with Gasteiger partial charge in [0.2, 0.25) is 0 Å². The summed E-state index contributed by atoms with van der Waals surface area (Å²) < 4.78 is 38.9. The summed E-state index contributed by atoms with van der Waals surface area (Å²) in [6.07, 6.45) is -5.88. The molecule has 1 aliphatic heterocycles. The topological polar surface area (TPSA) is 138 Å². The molecule has 39 heavy (non-hydrogen) atoms. The number of aliphatic hydroxyl groups excluding tert-OH is 1. The van der Waals surface area contributed by atoms with Gasteiger partial charge in [0.25, 0.3) is 0 Å². The molecule has 0 saturated carbocycles. The van der Waals surface area contributed by atoms with E-state index in [9.17, 15) is 28.2 Å². The number of aliphatic imine (C=N–C) groups is 1. The lowest BCUT2D eigenvalue weighted by Crippen LogP contribution is -2.46. The molecule has 0 aliphatic carbocycles. The maximum Gasteiger partial charge on any atom is 0.390 e. The number of carbonyl (C=O) groups excluding carboxylic acids is 1. The van der Waals surface area contributed by atoms with Gasteiger partial charge in [0, 0.05) is 40.6 Å². The van der Waals surface area contributed by atoms with Crippen LogP contribution in [0.4, 0.5) is 23.7 Å². The first-order valence-corrected chi connectivity index (χ1v) is 12.1. The molecular weight excluding hydrogens is 537 g/mol. The van der Waals surface area contributed by atoms with Crippen LogP contribution in [0, 0.1) is 5.41 Å². The van der Waals surface area contributed by atoms with E-state index in [1.165, 1.54) is 24.3 Å². The Morgan fingerprint density at radius 1 is 1.23 bits per heavy atom. The number of aromatic hydroxyl groups is 1. The molecule has 2 amide bonds. The fraction of sp³-hybridized carbons (Fsp3) is 0.269. The highest BCUT2D eigenvalue weighted by Gasteiger charge is 2.31. The van der Waals surface area contributed by atoms with Gasteiger partial charge in [-0.1, -0.05) is 24.2 Å². The van der Waals surface area contributed by atoms with Crippen molar-refractivity contribution in [2.24, 2.45) is 10.7 Å². The van der Waals surface area contributed by atoms with Crippen LogP contribution in [0.3, 0.4) is 0 Å². The molecule has 0 bridgehead atoms. The van der Waals surface area contributed by atoms with E-state index >= 15 is 0 Å². The number of nitrogens with two attached hydrogens (primary N) is 1. The third-order valence-corrected chi connectivity index (χ3v) is 6.07. The molecular formula is C26H28ClF3N6O3. The van der Waals surface area contributed by atoms with Crippen molar-refractivity contribution in [2.45, 2.75) is 12.6 Å². The van der Waals surface area contributed by atoms with E-state index in [0.29, 0.717) is 32.6 Å². The number of halogens is 4. The van der Waals surface area contributed by atoms with Crippen molar-refractivity contribution in [1.82, 2.24) is 15.1 Å². The zero-order chi connectivity index (χ0) is 28.7. The van der Waals surface area contributed by atoms with Crippen LogP contribution >= 0.6 is 11.6 Å². The van der Waals surface area contributed by atoms with Gasteiger partial charge in [0.05, 0.1) is 37.5 Å². The van der Waals surface area contributed by atoms with Gasteiger partial charge < -0.3 is 26.2 Å². The van der Waals surface area contributed by atoms with E-state index in [0.717, 1.165) is 0 Å². The molecule has 1 fully saturated rings. The summed E-state index contributed by atoms with van der Waals surface area (Å²) in [5.41, 5.74) is 8.74. The van der Waals surface area contributed by atoms with Gasteiger partial charge in [-0.3, -0.25) is 15.3 Å². The zero-order valence-electron chi connectivity index (χ0n) is 20.8. The summed E-state index contributed by atoms with van der Waals surface area (Å²) in [6.45, 7) is 3.01. The van der Waals surface area contributed by atoms with Gasteiger partial charge in [-0.05, 0) is 42.5 Å². The molecule has 0 radical (unpaired) electrons. The van der Waals surface area contributed by atoms with Gasteiger partial charge in [-0.2, -0.15) is 13.2 Å². The van der Waals surface area contributed by atoms with E-state index < -0.39 is 31.0 Å². The number of hydrogen-bond donors (Lipinski definition) is 5. The number of benzene rings is 2. The molecule has 1 aliphatic rings. The molecule has 13 heteroatoms. The summed E-state index contributed by atoms with van der Waals surface area (Å²) >= 11 is 6.06. The van der Waals surface area contributed by atoms with Crippen LogP contribution in [0.2, 0.25) is 5.02 Å². The summed E-state index contributed by atoms with van der Waals surface area (Å²) in [5, 5.41) is 30.3. The second-order valence-corrected chi connectivity index (χ2v) is 9.13. The summed E-state index contributed by atoms with van der Waals surface area (Å²) in [5.74, 6) is -0.570. The van der Waals surface area contributed by atoms with Crippen molar-refractivity contribution < 1.29 is 28.2 Å². The molecule has 0 aromatic heterocycles. The van der Waals surface area contributed by atoms with Gasteiger partial charge >= 0.3 is 12.2 Å². The first-order chi connectivity index (χ1) is 18.4. The van der Waals surface area contributed by atoms with E-state index in [1.807, 2.05) is 0 Å². The van der Waals surface area contributed by atoms with Gasteiger partial charge in [-0.25, -0.2) is 4.79 Å². The highest BCUT2D eigenvalue weighted by Crippen LogP contribution is 2.25. The number of alkyl halides is 3. The standard InChI is InChI=1S/C26H28ClF3N6O3/c1-16(15-37)35-13-21(23(14-35)34-19-4-2-3-18(27)11-19)22(31)12-33-25(39)36(10-9-26(28,29)30)24(32)17-5-7-20(38)8-6-17/h2-8,11,32,37-38H,1,9-10,12-15,31H2,(H,33,39)/b22-21-,32-24?,34-23?. The molecule has 9 nitrogen and oxygen atoms in total. The number of phenols is 1.